The number of aromatic nitrogens is 3. The average molecular weight is 444 g/mol. The molecule has 6 nitrogen and oxygen atoms in total. The third-order valence-electron chi connectivity index (χ3n) is 4.99. The molecule has 0 aliphatic heterocycles. The van der Waals surface area contributed by atoms with E-state index in [1.165, 1.54) is 0 Å². The molecule has 0 saturated carbocycles. The van der Waals surface area contributed by atoms with E-state index in [1.54, 1.807) is 12.4 Å². The second kappa shape index (κ2) is 10.7. The number of pyridine rings is 1. The van der Waals surface area contributed by atoms with Crippen molar-refractivity contribution in [1.29, 1.82) is 0 Å². The minimum atomic E-state index is -0.226. The highest BCUT2D eigenvalue weighted by atomic mass is 35.5. The number of carbonyl (C=O) groups is 1. The number of hydrogen-bond acceptors (Lipinski definition) is 5. The monoisotopic (exact) mass is 443 g/mol. The summed E-state index contributed by atoms with van der Waals surface area (Å²) >= 11 is 6.27. The summed E-state index contributed by atoms with van der Waals surface area (Å²) in [5.74, 6) is 0.192. The van der Waals surface area contributed by atoms with Crippen LogP contribution < -0.4 is 0 Å². The minimum Gasteiger partial charge on any atom is -0.466 e. The van der Waals surface area contributed by atoms with Gasteiger partial charge >= 0.3 is 5.97 Å². The maximum atomic E-state index is 12.1. The van der Waals surface area contributed by atoms with Crippen molar-refractivity contribution >= 4 is 23.1 Å². The lowest BCUT2D eigenvalue weighted by atomic mass is 9.96. The van der Waals surface area contributed by atoms with Crippen LogP contribution in [-0.4, -0.2) is 33.8 Å². The minimum absolute atomic E-state index is 0.226. The molecule has 31 heavy (non-hydrogen) atoms. The molecule has 0 radical (unpaired) electrons. The normalized spacial score (nSPS) is 11.4. The Hall–Kier alpha value is -2.44. The van der Waals surface area contributed by atoms with Gasteiger partial charge in [0, 0.05) is 42.2 Å². The summed E-state index contributed by atoms with van der Waals surface area (Å²) in [5.41, 5.74) is 5.73. The summed E-state index contributed by atoms with van der Waals surface area (Å²) in [5, 5.41) is 5.48. The molecule has 3 heterocycles. The van der Waals surface area contributed by atoms with Gasteiger partial charge in [-0.1, -0.05) is 32.4 Å². The molecule has 3 aromatic rings. The summed E-state index contributed by atoms with van der Waals surface area (Å²) in [7, 11) is 0. The molecule has 0 fully saturated rings. The van der Waals surface area contributed by atoms with Gasteiger partial charge in [-0.25, -0.2) is 4.52 Å². The van der Waals surface area contributed by atoms with E-state index in [0.29, 0.717) is 37.2 Å². The summed E-state index contributed by atoms with van der Waals surface area (Å²) in [6, 6.07) is 6.04. The highest BCUT2D eigenvalue weighted by molar-refractivity contribution is 6.30. The molecule has 0 N–H and O–H groups in total. The second-order valence-electron chi connectivity index (χ2n) is 7.88. The molecule has 0 unspecified atom stereocenters. The largest absolute Gasteiger partial charge is 0.466 e. The van der Waals surface area contributed by atoms with E-state index < -0.39 is 0 Å². The lowest BCUT2D eigenvalue weighted by Gasteiger charge is -2.18. The van der Waals surface area contributed by atoms with Crippen LogP contribution in [0.5, 0.6) is 0 Å². The molecule has 166 valence electrons. The Morgan fingerprint density at radius 2 is 2.03 bits per heavy atom. The zero-order chi connectivity index (χ0) is 22.4. The van der Waals surface area contributed by atoms with Crippen molar-refractivity contribution in [3.63, 3.8) is 0 Å². The highest BCUT2D eigenvalue weighted by Crippen LogP contribution is 2.33. The third kappa shape index (κ3) is 5.63. The first kappa shape index (κ1) is 23.2. The Morgan fingerprint density at radius 3 is 2.71 bits per heavy atom. The number of hydrogen-bond donors (Lipinski definition) is 0. The van der Waals surface area contributed by atoms with E-state index in [0.717, 1.165) is 40.0 Å². The topological polar surface area (TPSA) is 65.7 Å². The second-order valence-corrected chi connectivity index (χ2v) is 8.32. The number of carbonyl (C=O) groups excluding carboxylic acids is 1. The number of rotatable bonds is 10. The van der Waals surface area contributed by atoms with E-state index >= 15 is 0 Å². The van der Waals surface area contributed by atoms with Gasteiger partial charge in [0.1, 0.15) is 0 Å². The van der Waals surface area contributed by atoms with Crippen molar-refractivity contribution in [3.8, 4) is 11.1 Å². The SMILES string of the molecule is CCOC(=O)CCc1c(COCC(C)C)nn2c(CC)ccc2c1-c1cncc(Cl)c1. The number of esters is 1. The van der Waals surface area contributed by atoms with Gasteiger partial charge in [-0.3, -0.25) is 9.78 Å². The fourth-order valence-corrected chi connectivity index (χ4v) is 3.81. The summed E-state index contributed by atoms with van der Waals surface area (Å²) < 4.78 is 13.1. The van der Waals surface area contributed by atoms with Gasteiger partial charge in [0.15, 0.2) is 0 Å². The van der Waals surface area contributed by atoms with Crippen LogP contribution in [0.25, 0.3) is 16.6 Å². The van der Waals surface area contributed by atoms with Gasteiger partial charge < -0.3 is 9.47 Å². The van der Waals surface area contributed by atoms with Crippen LogP contribution >= 0.6 is 11.6 Å². The van der Waals surface area contributed by atoms with E-state index in [1.807, 2.05) is 17.5 Å². The fourth-order valence-electron chi connectivity index (χ4n) is 3.63. The average Bonchev–Trinajstić information content (AvgIpc) is 3.14. The first-order valence-electron chi connectivity index (χ1n) is 10.8. The van der Waals surface area contributed by atoms with Gasteiger partial charge in [-0.05, 0) is 49.4 Å². The summed E-state index contributed by atoms with van der Waals surface area (Å²) in [6.45, 7) is 9.52. The predicted octanol–water partition coefficient (Wildman–Crippen LogP) is 5.28. The molecular formula is C24H30ClN3O3. The maximum absolute atomic E-state index is 12.1. The molecule has 7 heteroatoms. The molecule has 0 atom stereocenters. The lowest BCUT2D eigenvalue weighted by molar-refractivity contribution is -0.143. The van der Waals surface area contributed by atoms with Crippen LogP contribution in [0.4, 0.5) is 0 Å². The number of fused-ring (bicyclic) bond motifs is 1. The van der Waals surface area contributed by atoms with Crippen molar-refractivity contribution in [2.24, 2.45) is 5.92 Å². The Bertz CT molecular complexity index is 1050. The van der Waals surface area contributed by atoms with Gasteiger partial charge in [-0.15, -0.1) is 0 Å². The first-order chi connectivity index (χ1) is 14.9. The van der Waals surface area contributed by atoms with Crippen molar-refractivity contribution in [2.75, 3.05) is 13.2 Å². The molecule has 0 aliphatic carbocycles. The quantitative estimate of drug-likeness (QED) is 0.399. The van der Waals surface area contributed by atoms with Crippen molar-refractivity contribution in [3.05, 3.63) is 52.6 Å². The van der Waals surface area contributed by atoms with Crippen molar-refractivity contribution < 1.29 is 14.3 Å². The standard InChI is InChI=1S/C24H30ClN3O3/c1-5-19-7-9-22-24(17-11-18(25)13-26-12-17)20(8-10-23(29)31-6-2)21(27-28(19)22)15-30-14-16(3)4/h7,9,11-13,16H,5-6,8,10,14-15H2,1-4H3. The molecule has 3 aromatic heterocycles. The Morgan fingerprint density at radius 1 is 1.23 bits per heavy atom. The Balaban J connectivity index is 2.17. The van der Waals surface area contributed by atoms with Crippen LogP contribution in [0.1, 0.15) is 51.1 Å². The highest BCUT2D eigenvalue weighted by Gasteiger charge is 2.20. The van der Waals surface area contributed by atoms with Crippen LogP contribution in [0.3, 0.4) is 0 Å². The smallest absolute Gasteiger partial charge is 0.306 e. The number of nitrogens with zero attached hydrogens (tertiary/aromatic N) is 3. The van der Waals surface area contributed by atoms with E-state index in [4.69, 9.17) is 26.2 Å². The van der Waals surface area contributed by atoms with Crippen LogP contribution in [0.15, 0.2) is 30.6 Å². The Labute approximate surface area is 188 Å². The van der Waals surface area contributed by atoms with E-state index in [9.17, 15) is 4.79 Å². The number of halogens is 1. The first-order valence-corrected chi connectivity index (χ1v) is 11.2. The zero-order valence-electron chi connectivity index (χ0n) is 18.7. The molecule has 0 aliphatic rings. The molecule has 0 spiro atoms. The number of aryl methyl sites for hydroxylation is 1. The van der Waals surface area contributed by atoms with Crippen molar-refractivity contribution in [2.45, 2.75) is 53.6 Å². The summed E-state index contributed by atoms with van der Waals surface area (Å²) in [4.78, 5) is 16.4. The van der Waals surface area contributed by atoms with Gasteiger partial charge in [0.05, 0.1) is 29.4 Å². The van der Waals surface area contributed by atoms with Gasteiger partial charge in [-0.2, -0.15) is 5.10 Å². The van der Waals surface area contributed by atoms with Crippen LogP contribution in [0.2, 0.25) is 5.02 Å². The molecule has 0 aromatic carbocycles. The number of ether oxygens (including phenoxy) is 2. The Kier molecular flexibility index (Phi) is 8.04. The van der Waals surface area contributed by atoms with E-state index in [2.05, 4.69) is 37.9 Å². The van der Waals surface area contributed by atoms with Crippen molar-refractivity contribution in [1.82, 2.24) is 14.6 Å². The third-order valence-corrected chi connectivity index (χ3v) is 5.20. The fraction of sp³-hybridized carbons (Fsp3) is 0.458. The molecule has 3 rings (SSSR count). The predicted molar refractivity (Wildman–Crippen MR) is 122 cm³/mol. The molecule has 0 bridgehead atoms. The van der Waals surface area contributed by atoms with Gasteiger partial charge in [0.25, 0.3) is 0 Å². The molecule has 0 saturated heterocycles. The zero-order valence-corrected chi connectivity index (χ0v) is 19.4. The molecular weight excluding hydrogens is 414 g/mol. The van der Waals surface area contributed by atoms with E-state index in [-0.39, 0.29) is 12.4 Å². The lowest BCUT2D eigenvalue weighted by Crippen LogP contribution is -2.13. The van der Waals surface area contributed by atoms with Gasteiger partial charge in [0.2, 0.25) is 0 Å². The summed E-state index contributed by atoms with van der Waals surface area (Å²) in [6.07, 6.45) is 5.03. The van der Waals surface area contributed by atoms with Crippen LogP contribution in [-0.2, 0) is 33.7 Å². The molecule has 0 amide bonds. The van der Waals surface area contributed by atoms with Crippen LogP contribution in [0, 0.1) is 5.92 Å². The maximum Gasteiger partial charge on any atom is 0.306 e.